The van der Waals surface area contributed by atoms with Crippen molar-refractivity contribution in [3.63, 3.8) is 0 Å². The van der Waals surface area contributed by atoms with Crippen molar-refractivity contribution in [3.8, 4) is 0 Å². The fourth-order valence-corrected chi connectivity index (χ4v) is 3.07. The van der Waals surface area contributed by atoms with Crippen molar-refractivity contribution < 1.29 is 19.1 Å². The highest BCUT2D eigenvalue weighted by molar-refractivity contribution is 8.18. The number of aliphatic imine (C=N–C) groups is 1. The molecule has 0 radical (unpaired) electrons. The van der Waals surface area contributed by atoms with Crippen LogP contribution in [-0.2, 0) is 4.79 Å². The summed E-state index contributed by atoms with van der Waals surface area (Å²) in [6, 6.07) is 9.80. The fourth-order valence-electron chi connectivity index (χ4n) is 2.10. The zero-order chi connectivity index (χ0) is 17.3. The summed E-state index contributed by atoms with van der Waals surface area (Å²) in [6.45, 7) is 1.84. The number of aryl methyl sites for hydroxylation is 1. The van der Waals surface area contributed by atoms with E-state index in [4.69, 9.17) is 9.52 Å². The normalized spacial score (nSPS) is 17.9. The maximum atomic E-state index is 12.3. The van der Waals surface area contributed by atoms with Crippen LogP contribution in [-0.4, -0.2) is 34.1 Å². The highest BCUT2D eigenvalue weighted by Crippen LogP contribution is 2.33. The third-order valence-corrected chi connectivity index (χ3v) is 4.44. The lowest BCUT2D eigenvalue weighted by molar-refractivity contribution is -0.121. The van der Waals surface area contributed by atoms with Crippen LogP contribution in [0, 0.1) is 6.92 Å². The number of carboxylic acids is 1. The minimum Gasteiger partial charge on any atom is -0.478 e. The number of aromatic carboxylic acids is 1. The summed E-state index contributed by atoms with van der Waals surface area (Å²) >= 11 is 1.25. The number of nitrogens with zero attached hydrogens (tertiary/aromatic N) is 2. The second kappa shape index (κ2) is 6.37. The number of benzene rings is 1. The zero-order valence-corrected chi connectivity index (χ0v) is 13.8. The van der Waals surface area contributed by atoms with Gasteiger partial charge in [0.1, 0.15) is 11.5 Å². The van der Waals surface area contributed by atoms with Crippen LogP contribution in [0.1, 0.15) is 21.9 Å². The molecule has 0 bridgehead atoms. The van der Waals surface area contributed by atoms with E-state index in [0.717, 1.165) is 5.76 Å². The van der Waals surface area contributed by atoms with Gasteiger partial charge < -0.3 is 9.52 Å². The summed E-state index contributed by atoms with van der Waals surface area (Å²) in [7, 11) is 1.65. The molecule has 1 amide bonds. The van der Waals surface area contributed by atoms with Gasteiger partial charge in [-0.2, -0.15) is 0 Å². The molecule has 1 aromatic heterocycles. The molecule has 24 heavy (non-hydrogen) atoms. The van der Waals surface area contributed by atoms with Crippen LogP contribution in [0.15, 0.2) is 50.7 Å². The number of hydrogen-bond acceptors (Lipinski definition) is 5. The number of hydrogen-bond donors (Lipinski definition) is 1. The number of likely N-dealkylation sites (N-methyl/N-ethyl adjacent to an activating group) is 1. The standard InChI is InChI=1S/C17H14N2O4S/c1-10-3-8-13(23-10)9-14-15(20)19(2)17(24-14)18-12-6-4-11(5-7-12)16(21)22/h3-9H,1-2H3,(H,21,22)/b14-9+,18-17?. The van der Waals surface area contributed by atoms with Crippen LogP contribution in [0.25, 0.3) is 6.08 Å². The summed E-state index contributed by atoms with van der Waals surface area (Å²) in [5.41, 5.74) is 0.772. The van der Waals surface area contributed by atoms with Crippen molar-refractivity contribution in [2.24, 2.45) is 4.99 Å². The molecular formula is C17H14N2O4S. The van der Waals surface area contributed by atoms with Crippen molar-refractivity contribution >= 4 is 40.6 Å². The van der Waals surface area contributed by atoms with Crippen LogP contribution >= 0.6 is 11.8 Å². The number of carboxylic acid groups (broad SMARTS) is 1. The quantitative estimate of drug-likeness (QED) is 0.863. The van der Waals surface area contributed by atoms with E-state index in [1.54, 1.807) is 31.3 Å². The van der Waals surface area contributed by atoms with Crippen molar-refractivity contribution in [3.05, 3.63) is 58.4 Å². The van der Waals surface area contributed by atoms with Crippen LogP contribution in [0.4, 0.5) is 5.69 Å². The van der Waals surface area contributed by atoms with Gasteiger partial charge in [-0.3, -0.25) is 9.69 Å². The van der Waals surface area contributed by atoms with Gasteiger partial charge in [-0.15, -0.1) is 0 Å². The van der Waals surface area contributed by atoms with Crippen molar-refractivity contribution in [1.29, 1.82) is 0 Å². The van der Waals surface area contributed by atoms with E-state index in [1.165, 1.54) is 28.8 Å². The van der Waals surface area contributed by atoms with Gasteiger partial charge in [-0.05, 0) is 55.1 Å². The molecule has 1 saturated heterocycles. The summed E-state index contributed by atoms with van der Waals surface area (Å²) in [6.07, 6.45) is 1.69. The van der Waals surface area contributed by atoms with Gasteiger partial charge in [0, 0.05) is 13.1 Å². The highest BCUT2D eigenvalue weighted by atomic mass is 32.2. The predicted octanol–water partition coefficient (Wildman–Crippen LogP) is 3.52. The molecule has 1 fully saturated rings. The number of rotatable bonds is 3. The van der Waals surface area contributed by atoms with Gasteiger partial charge >= 0.3 is 5.97 Å². The maximum Gasteiger partial charge on any atom is 0.335 e. The molecule has 2 heterocycles. The monoisotopic (exact) mass is 342 g/mol. The Morgan fingerprint density at radius 1 is 1.25 bits per heavy atom. The molecule has 7 heteroatoms. The lowest BCUT2D eigenvalue weighted by Gasteiger charge is -2.07. The van der Waals surface area contributed by atoms with Gasteiger partial charge in [0.2, 0.25) is 0 Å². The molecule has 0 spiro atoms. The largest absolute Gasteiger partial charge is 0.478 e. The van der Waals surface area contributed by atoms with Crippen LogP contribution < -0.4 is 0 Å². The van der Waals surface area contributed by atoms with Crippen molar-refractivity contribution in [2.75, 3.05) is 7.05 Å². The summed E-state index contributed by atoms with van der Waals surface area (Å²) in [5.74, 6) is 0.243. The SMILES string of the molecule is Cc1ccc(/C=C2/SC(=Nc3ccc(C(=O)O)cc3)N(C)C2=O)o1. The Hall–Kier alpha value is -2.80. The van der Waals surface area contributed by atoms with Crippen LogP contribution in [0.3, 0.4) is 0 Å². The Bertz CT molecular complexity index is 865. The molecule has 122 valence electrons. The first-order valence-electron chi connectivity index (χ1n) is 7.10. The molecule has 1 aliphatic rings. The molecule has 1 aromatic carbocycles. The third-order valence-electron chi connectivity index (χ3n) is 3.38. The third kappa shape index (κ3) is 3.26. The molecule has 0 saturated carbocycles. The summed E-state index contributed by atoms with van der Waals surface area (Å²) < 4.78 is 5.46. The Labute approximate surface area is 142 Å². The molecule has 1 aliphatic heterocycles. The molecule has 0 aliphatic carbocycles. The van der Waals surface area contributed by atoms with E-state index in [9.17, 15) is 9.59 Å². The molecule has 0 atom stereocenters. The molecule has 1 N–H and O–H groups in total. The van der Waals surface area contributed by atoms with E-state index in [2.05, 4.69) is 4.99 Å². The molecule has 0 unspecified atom stereocenters. The predicted molar refractivity (Wildman–Crippen MR) is 92.3 cm³/mol. The number of amides is 1. The number of carbonyl (C=O) groups excluding carboxylic acids is 1. The van der Waals surface area contributed by atoms with Crippen LogP contribution in [0.2, 0.25) is 0 Å². The smallest absolute Gasteiger partial charge is 0.335 e. The van der Waals surface area contributed by atoms with E-state index in [0.29, 0.717) is 21.5 Å². The van der Waals surface area contributed by atoms with Gasteiger partial charge in [0.05, 0.1) is 16.2 Å². The van der Waals surface area contributed by atoms with E-state index in [1.807, 2.05) is 13.0 Å². The minimum atomic E-state index is -0.990. The van der Waals surface area contributed by atoms with E-state index >= 15 is 0 Å². The Kier molecular flexibility index (Phi) is 4.26. The maximum absolute atomic E-state index is 12.3. The van der Waals surface area contributed by atoms with Gasteiger partial charge in [-0.25, -0.2) is 9.79 Å². The van der Waals surface area contributed by atoms with Crippen molar-refractivity contribution in [2.45, 2.75) is 6.92 Å². The average Bonchev–Trinajstić information content (AvgIpc) is 3.07. The van der Waals surface area contributed by atoms with Crippen molar-refractivity contribution in [1.82, 2.24) is 4.90 Å². The Balaban J connectivity index is 1.85. The highest BCUT2D eigenvalue weighted by Gasteiger charge is 2.30. The second-order valence-electron chi connectivity index (χ2n) is 5.17. The lowest BCUT2D eigenvalue weighted by Crippen LogP contribution is -2.23. The topological polar surface area (TPSA) is 83.1 Å². The Morgan fingerprint density at radius 2 is 1.96 bits per heavy atom. The Morgan fingerprint density at radius 3 is 2.54 bits per heavy atom. The zero-order valence-electron chi connectivity index (χ0n) is 13.0. The average molecular weight is 342 g/mol. The minimum absolute atomic E-state index is 0.157. The lowest BCUT2D eigenvalue weighted by atomic mass is 10.2. The first-order valence-corrected chi connectivity index (χ1v) is 7.92. The van der Waals surface area contributed by atoms with Crippen LogP contribution in [0.5, 0.6) is 0 Å². The number of furan rings is 1. The second-order valence-corrected chi connectivity index (χ2v) is 6.18. The van der Waals surface area contributed by atoms with Gasteiger partial charge in [-0.1, -0.05) is 0 Å². The van der Waals surface area contributed by atoms with E-state index in [-0.39, 0.29) is 11.5 Å². The first kappa shape index (κ1) is 16.1. The summed E-state index contributed by atoms with van der Waals surface area (Å²) in [4.78, 5) is 29.5. The number of amidine groups is 1. The number of thioether (sulfide) groups is 1. The van der Waals surface area contributed by atoms with E-state index < -0.39 is 5.97 Å². The van der Waals surface area contributed by atoms with Gasteiger partial charge in [0.15, 0.2) is 5.17 Å². The fraction of sp³-hybridized carbons (Fsp3) is 0.118. The summed E-state index contributed by atoms with van der Waals surface area (Å²) in [5, 5.41) is 9.43. The number of carbonyl (C=O) groups is 2. The molecule has 3 rings (SSSR count). The first-order chi connectivity index (χ1) is 11.4. The van der Waals surface area contributed by atoms with Gasteiger partial charge in [0.25, 0.3) is 5.91 Å². The molecule has 6 nitrogen and oxygen atoms in total. The molecular weight excluding hydrogens is 328 g/mol. The molecule has 2 aromatic rings.